The number of hydrogen-bond donors (Lipinski definition) is 2. The Morgan fingerprint density at radius 2 is 1.72 bits per heavy atom. The Morgan fingerprint density at radius 1 is 1.22 bits per heavy atom. The van der Waals surface area contributed by atoms with E-state index in [9.17, 15) is 4.79 Å². The van der Waals surface area contributed by atoms with E-state index in [2.05, 4.69) is 39.9 Å². The predicted octanol–water partition coefficient (Wildman–Crippen LogP) is 3.11. The molecule has 0 aliphatic rings. The van der Waals surface area contributed by atoms with Crippen molar-refractivity contribution >= 4 is 18.3 Å². The number of nitrogens with one attached hydrogen (secondary N) is 1. The normalized spacial score (nSPS) is 13.1. The Kier molecular flexibility index (Phi) is 10.7. The second-order valence-electron chi connectivity index (χ2n) is 5.68. The SMILES string of the molecule is CCC(CC)(CN)NC(=O)CC(C)CC(C)C.Cl. The van der Waals surface area contributed by atoms with Crippen LogP contribution in [-0.2, 0) is 4.79 Å². The van der Waals surface area contributed by atoms with Gasteiger partial charge in [-0.05, 0) is 31.1 Å². The van der Waals surface area contributed by atoms with Crippen molar-refractivity contribution in [2.75, 3.05) is 6.54 Å². The highest BCUT2D eigenvalue weighted by Gasteiger charge is 2.26. The molecule has 0 spiro atoms. The van der Waals surface area contributed by atoms with E-state index >= 15 is 0 Å². The lowest BCUT2D eigenvalue weighted by molar-refractivity contribution is -0.124. The summed E-state index contributed by atoms with van der Waals surface area (Å²) in [5.74, 6) is 1.24. The number of carbonyl (C=O) groups is 1. The highest BCUT2D eigenvalue weighted by atomic mass is 35.5. The van der Waals surface area contributed by atoms with Crippen LogP contribution in [0.2, 0.25) is 0 Å². The van der Waals surface area contributed by atoms with Gasteiger partial charge in [0.05, 0.1) is 5.54 Å². The second-order valence-corrected chi connectivity index (χ2v) is 5.68. The molecule has 3 N–H and O–H groups in total. The van der Waals surface area contributed by atoms with E-state index in [1.807, 2.05) is 0 Å². The molecule has 3 nitrogen and oxygen atoms in total. The molecule has 1 unspecified atom stereocenters. The molecule has 0 aromatic carbocycles. The lowest BCUT2D eigenvalue weighted by atomic mass is 9.91. The third-order valence-electron chi connectivity index (χ3n) is 3.56. The maximum atomic E-state index is 12.0. The Hall–Kier alpha value is -0.280. The zero-order valence-electron chi connectivity index (χ0n) is 12.6. The van der Waals surface area contributed by atoms with Gasteiger partial charge in [-0.3, -0.25) is 4.79 Å². The van der Waals surface area contributed by atoms with Gasteiger partial charge in [-0.2, -0.15) is 0 Å². The molecule has 0 aromatic rings. The third kappa shape index (κ3) is 7.22. The molecule has 0 aliphatic heterocycles. The van der Waals surface area contributed by atoms with Crippen LogP contribution >= 0.6 is 12.4 Å². The summed E-state index contributed by atoms with van der Waals surface area (Å²) in [7, 11) is 0. The van der Waals surface area contributed by atoms with Crippen LogP contribution in [0, 0.1) is 11.8 Å². The van der Waals surface area contributed by atoms with Crippen molar-refractivity contribution in [3.63, 3.8) is 0 Å². The van der Waals surface area contributed by atoms with Crippen molar-refractivity contribution < 1.29 is 4.79 Å². The van der Waals surface area contributed by atoms with Gasteiger partial charge in [0.15, 0.2) is 0 Å². The number of hydrogen-bond acceptors (Lipinski definition) is 2. The molecule has 0 fully saturated rings. The fraction of sp³-hybridized carbons (Fsp3) is 0.929. The third-order valence-corrected chi connectivity index (χ3v) is 3.56. The van der Waals surface area contributed by atoms with E-state index in [1.54, 1.807) is 0 Å². The summed E-state index contributed by atoms with van der Waals surface area (Å²) < 4.78 is 0. The van der Waals surface area contributed by atoms with E-state index in [0.29, 0.717) is 24.8 Å². The van der Waals surface area contributed by atoms with E-state index < -0.39 is 0 Å². The molecule has 0 saturated heterocycles. The fourth-order valence-corrected chi connectivity index (χ4v) is 2.32. The molecule has 0 heterocycles. The monoisotopic (exact) mass is 278 g/mol. The lowest BCUT2D eigenvalue weighted by Crippen LogP contribution is -2.53. The minimum atomic E-state index is -0.200. The van der Waals surface area contributed by atoms with Crippen molar-refractivity contribution in [1.29, 1.82) is 0 Å². The molecule has 0 saturated carbocycles. The van der Waals surface area contributed by atoms with Gasteiger partial charge in [0.25, 0.3) is 0 Å². The molecule has 0 aliphatic carbocycles. The average molecular weight is 279 g/mol. The van der Waals surface area contributed by atoms with Gasteiger partial charge in [-0.1, -0.05) is 34.6 Å². The minimum Gasteiger partial charge on any atom is -0.349 e. The van der Waals surface area contributed by atoms with Gasteiger partial charge in [0.1, 0.15) is 0 Å². The maximum Gasteiger partial charge on any atom is 0.220 e. The standard InChI is InChI=1S/C14H30N2O.ClH/c1-6-14(7-2,10-15)16-13(17)9-12(5)8-11(3)4;/h11-12H,6-10,15H2,1-5H3,(H,16,17);1H. The highest BCUT2D eigenvalue weighted by Crippen LogP contribution is 2.17. The molecule has 4 heteroatoms. The van der Waals surface area contributed by atoms with Crippen molar-refractivity contribution in [3.8, 4) is 0 Å². The van der Waals surface area contributed by atoms with E-state index in [0.717, 1.165) is 19.3 Å². The Bertz CT molecular complexity index is 220. The molecule has 1 atom stereocenters. The molecule has 0 aromatic heterocycles. The maximum absolute atomic E-state index is 12.0. The predicted molar refractivity (Wildman–Crippen MR) is 81.0 cm³/mol. The van der Waals surface area contributed by atoms with Crippen LogP contribution in [0.5, 0.6) is 0 Å². The smallest absolute Gasteiger partial charge is 0.220 e. The number of amides is 1. The van der Waals surface area contributed by atoms with E-state index in [4.69, 9.17) is 5.73 Å². The van der Waals surface area contributed by atoms with Gasteiger partial charge >= 0.3 is 0 Å². The summed E-state index contributed by atoms with van der Waals surface area (Å²) in [6, 6.07) is 0. The Morgan fingerprint density at radius 3 is 2.06 bits per heavy atom. The lowest BCUT2D eigenvalue weighted by Gasteiger charge is -2.32. The number of carbonyl (C=O) groups excluding carboxylic acids is 1. The first-order valence-electron chi connectivity index (χ1n) is 6.90. The molecule has 18 heavy (non-hydrogen) atoms. The van der Waals surface area contributed by atoms with E-state index in [1.165, 1.54) is 0 Å². The van der Waals surface area contributed by atoms with Crippen molar-refractivity contribution in [2.24, 2.45) is 17.6 Å². The van der Waals surface area contributed by atoms with Crippen molar-refractivity contribution in [1.82, 2.24) is 5.32 Å². The molecule has 0 bridgehead atoms. The van der Waals surface area contributed by atoms with Gasteiger partial charge < -0.3 is 11.1 Å². The number of halogens is 1. The largest absolute Gasteiger partial charge is 0.349 e. The van der Waals surface area contributed by atoms with Crippen molar-refractivity contribution in [2.45, 2.75) is 65.8 Å². The molecule has 110 valence electrons. The van der Waals surface area contributed by atoms with Crippen LogP contribution in [0.1, 0.15) is 60.3 Å². The zero-order valence-corrected chi connectivity index (χ0v) is 13.4. The number of nitrogens with two attached hydrogens (primary N) is 1. The van der Waals surface area contributed by atoms with Gasteiger partial charge in [0.2, 0.25) is 5.91 Å². The van der Waals surface area contributed by atoms with Crippen LogP contribution in [0.25, 0.3) is 0 Å². The molecular formula is C14H31ClN2O. The fourth-order valence-electron chi connectivity index (χ4n) is 2.32. The quantitative estimate of drug-likeness (QED) is 0.717. The second kappa shape index (κ2) is 9.62. The van der Waals surface area contributed by atoms with Gasteiger partial charge in [-0.25, -0.2) is 0 Å². The summed E-state index contributed by atoms with van der Waals surface area (Å²) in [4.78, 5) is 12.0. The molecular weight excluding hydrogens is 248 g/mol. The summed E-state index contributed by atoms with van der Waals surface area (Å²) in [6.45, 7) is 11.2. The first-order chi connectivity index (χ1) is 7.89. The molecule has 0 radical (unpaired) electrons. The van der Waals surface area contributed by atoms with E-state index in [-0.39, 0.29) is 23.9 Å². The van der Waals surface area contributed by atoms with Crippen LogP contribution < -0.4 is 11.1 Å². The van der Waals surface area contributed by atoms with Crippen LogP contribution in [0.3, 0.4) is 0 Å². The summed E-state index contributed by atoms with van der Waals surface area (Å²) in [5, 5.41) is 3.12. The van der Waals surface area contributed by atoms with Crippen LogP contribution in [0.15, 0.2) is 0 Å². The first kappa shape index (κ1) is 20.0. The Labute approximate surface area is 119 Å². The molecule has 1 amide bonds. The first-order valence-corrected chi connectivity index (χ1v) is 6.90. The number of rotatable bonds is 8. The molecule has 0 rings (SSSR count). The summed E-state index contributed by atoms with van der Waals surface area (Å²) in [5.41, 5.74) is 5.57. The van der Waals surface area contributed by atoms with Gasteiger partial charge in [0, 0.05) is 13.0 Å². The highest BCUT2D eigenvalue weighted by molar-refractivity contribution is 5.85. The zero-order chi connectivity index (χ0) is 13.5. The van der Waals surface area contributed by atoms with Crippen LogP contribution in [0.4, 0.5) is 0 Å². The van der Waals surface area contributed by atoms with Crippen LogP contribution in [-0.4, -0.2) is 18.0 Å². The average Bonchev–Trinajstić information content (AvgIpc) is 2.24. The summed E-state index contributed by atoms with van der Waals surface area (Å²) in [6.07, 6.45) is 3.50. The van der Waals surface area contributed by atoms with Crippen molar-refractivity contribution in [3.05, 3.63) is 0 Å². The Balaban J connectivity index is 0. The minimum absolute atomic E-state index is 0. The van der Waals surface area contributed by atoms with Gasteiger partial charge in [-0.15, -0.1) is 12.4 Å². The topological polar surface area (TPSA) is 55.1 Å². The summed E-state index contributed by atoms with van der Waals surface area (Å²) >= 11 is 0.